The molecular formula is C15H14N2O4. The zero-order valence-electron chi connectivity index (χ0n) is 11.1. The van der Waals surface area contributed by atoms with Gasteiger partial charge >= 0.3 is 12.2 Å². The second-order valence-electron chi connectivity index (χ2n) is 4.13. The second-order valence-corrected chi connectivity index (χ2v) is 4.13. The zero-order valence-corrected chi connectivity index (χ0v) is 11.1. The van der Waals surface area contributed by atoms with E-state index in [0.717, 1.165) is 5.56 Å². The maximum atomic E-state index is 11.7. The van der Waals surface area contributed by atoms with Gasteiger partial charge < -0.3 is 15.2 Å². The minimum Gasteiger partial charge on any atom is -0.445 e. The SMILES string of the molecule is NC(=O)OCc1ccc(NC(=O)Oc2ccccc2)cc1. The zero-order chi connectivity index (χ0) is 15.1. The first-order valence-corrected chi connectivity index (χ1v) is 6.18. The Bertz CT molecular complexity index is 611. The molecular weight excluding hydrogens is 272 g/mol. The molecule has 0 aliphatic heterocycles. The van der Waals surface area contributed by atoms with Gasteiger partial charge in [0.15, 0.2) is 0 Å². The molecule has 0 radical (unpaired) electrons. The fraction of sp³-hybridized carbons (Fsp3) is 0.0667. The molecule has 0 spiro atoms. The molecule has 0 saturated carbocycles. The molecule has 2 rings (SSSR count). The van der Waals surface area contributed by atoms with E-state index in [1.807, 2.05) is 6.07 Å². The highest BCUT2D eigenvalue weighted by atomic mass is 16.6. The quantitative estimate of drug-likeness (QED) is 0.904. The molecule has 21 heavy (non-hydrogen) atoms. The molecule has 108 valence electrons. The van der Waals surface area contributed by atoms with Gasteiger partial charge in [-0.15, -0.1) is 0 Å². The average molecular weight is 286 g/mol. The molecule has 0 heterocycles. The standard InChI is InChI=1S/C15H14N2O4/c16-14(18)20-10-11-6-8-12(9-7-11)17-15(19)21-13-4-2-1-3-5-13/h1-9H,10H2,(H2,16,18)(H,17,19). The lowest BCUT2D eigenvalue weighted by Crippen LogP contribution is -2.16. The summed E-state index contributed by atoms with van der Waals surface area (Å²) in [5.41, 5.74) is 6.20. The lowest BCUT2D eigenvalue weighted by molar-refractivity contribution is 0.150. The number of benzene rings is 2. The normalized spacial score (nSPS) is 9.71. The van der Waals surface area contributed by atoms with Crippen molar-refractivity contribution in [3.05, 3.63) is 60.2 Å². The smallest absolute Gasteiger partial charge is 0.417 e. The first-order valence-electron chi connectivity index (χ1n) is 6.18. The molecule has 2 aromatic carbocycles. The number of hydrogen-bond acceptors (Lipinski definition) is 4. The van der Waals surface area contributed by atoms with E-state index in [4.69, 9.17) is 10.5 Å². The van der Waals surface area contributed by atoms with Gasteiger partial charge in [0.25, 0.3) is 0 Å². The summed E-state index contributed by atoms with van der Waals surface area (Å²) in [5, 5.41) is 2.59. The summed E-state index contributed by atoms with van der Waals surface area (Å²) in [6.45, 7) is 0.0874. The van der Waals surface area contributed by atoms with Gasteiger partial charge in [-0.1, -0.05) is 30.3 Å². The Balaban J connectivity index is 1.88. The van der Waals surface area contributed by atoms with Gasteiger partial charge in [-0.25, -0.2) is 9.59 Å². The first kappa shape index (κ1) is 14.4. The van der Waals surface area contributed by atoms with Crippen molar-refractivity contribution >= 4 is 17.9 Å². The molecule has 0 unspecified atom stereocenters. The lowest BCUT2D eigenvalue weighted by Gasteiger charge is -2.07. The van der Waals surface area contributed by atoms with Crippen LogP contribution in [0, 0.1) is 0 Å². The molecule has 0 aliphatic carbocycles. The number of carbonyl (C=O) groups excluding carboxylic acids is 2. The highest BCUT2D eigenvalue weighted by molar-refractivity contribution is 5.86. The Hall–Kier alpha value is -3.02. The summed E-state index contributed by atoms with van der Waals surface area (Å²) in [4.78, 5) is 22.1. The average Bonchev–Trinajstić information content (AvgIpc) is 2.47. The van der Waals surface area contributed by atoms with E-state index < -0.39 is 12.2 Å². The van der Waals surface area contributed by atoms with E-state index >= 15 is 0 Å². The highest BCUT2D eigenvalue weighted by Gasteiger charge is 2.05. The van der Waals surface area contributed by atoms with Crippen molar-refractivity contribution in [2.75, 3.05) is 5.32 Å². The monoisotopic (exact) mass is 286 g/mol. The molecule has 2 amide bonds. The van der Waals surface area contributed by atoms with Crippen LogP contribution >= 0.6 is 0 Å². The Kier molecular flexibility index (Phi) is 4.76. The molecule has 0 bridgehead atoms. The van der Waals surface area contributed by atoms with Gasteiger partial charge in [-0.05, 0) is 29.8 Å². The summed E-state index contributed by atoms with van der Waals surface area (Å²) >= 11 is 0. The fourth-order valence-electron chi connectivity index (χ4n) is 1.58. The highest BCUT2D eigenvalue weighted by Crippen LogP contribution is 2.13. The Morgan fingerprint density at radius 2 is 1.67 bits per heavy atom. The number of nitrogens with two attached hydrogens (primary N) is 1. The van der Waals surface area contributed by atoms with E-state index in [0.29, 0.717) is 11.4 Å². The number of ether oxygens (including phenoxy) is 2. The van der Waals surface area contributed by atoms with E-state index in [-0.39, 0.29) is 6.61 Å². The topological polar surface area (TPSA) is 90.7 Å². The largest absolute Gasteiger partial charge is 0.445 e. The van der Waals surface area contributed by atoms with Crippen LogP contribution < -0.4 is 15.8 Å². The van der Waals surface area contributed by atoms with Crippen LogP contribution in [0.2, 0.25) is 0 Å². The van der Waals surface area contributed by atoms with E-state index in [1.165, 1.54) is 0 Å². The Labute approximate surface area is 121 Å². The van der Waals surface area contributed by atoms with E-state index in [9.17, 15) is 9.59 Å². The van der Waals surface area contributed by atoms with Crippen LogP contribution in [-0.4, -0.2) is 12.2 Å². The molecule has 6 heteroatoms. The predicted octanol–water partition coefficient (Wildman–Crippen LogP) is 2.89. The Morgan fingerprint density at radius 3 is 2.29 bits per heavy atom. The van der Waals surface area contributed by atoms with Crippen molar-refractivity contribution in [2.45, 2.75) is 6.61 Å². The van der Waals surface area contributed by atoms with Crippen LogP contribution in [-0.2, 0) is 11.3 Å². The Morgan fingerprint density at radius 1 is 1.00 bits per heavy atom. The van der Waals surface area contributed by atoms with E-state index in [1.54, 1.807) is 48.5 Å². The minimum absolute atomic E-state index is 0.0874. The molecule has 0 fully saturated rings. The number of amides is 2. The molecule has 0 atom stereocenters. The fourth-order valence-corrected chi connectivity index (χ4v) is 1.58. The summed E-state index contributed by atoms with van der Waals surface area (Å²) in [7, 11) is 0. The van der Waals surface area contributed by atoms with Gasteiger partial charge in [-0.3, -0.25) is 5.32 Å². The number of anilines is 1. The summed E-state index contributed by atoms with van der Waals surface area (Å²) in [6, 6.07) is 15.5. The first-order chi connectivity index (χ1) is 10.1. The number of carbonyl (C=O) groups is 2. The lowest BCUT2D eigenvalue weighted by atomic mass is 10.2. The molecule has 3 N–H and O–H groups in total. The van der Waals surface area contributed by atoms with E-state index in [2.05, 4.69) is 10.1 Å². The van der Waals surface area contributed by atoms with Crippen LogP contribution in [0.4, 0.5) is 15.3 Å². The van der Waals surface area contributed by atoms with Crippen molar-refractivity contribution < 1.29 is 19.1 Å². The van der Waals surface area contributed by atoms with Crippen molar-refractivity contribution in [3.63, 3.8) is 0 Å². The van der Waals surface area contributed by atoms with Crippen molar-refractivity contribution in [1.29, 1.82) is 0 Å². The summed E-state index contributed by atoms with van der Waals surface area (Å²) in [5.74, 6) is 0.460. The van der Waals surface area contributed by atoms with Gasteiger partial charge in [0.05, 0.1) is 0 Å². The number of primary amides is 1. The predicted molar refractivity (Wildman–Crippen MR) is 76.9 cm³/mol. The summed E-state index contributed by atoms with van der Waals surface area (Å²) < 4.78 is 9.75. The third kappa shape index (κ3) is 4.87. The minimum atomic E-state index is -0.830. The second kappa shape index (κ2) is 6.95. The molecule has 0 aliphatic rings. The van der Waals surface area contributed by atoms with Crippen molar-refractivity contribution in [1.82, 2.24) is 0 Å². The van der Waals surface area contributed by atoms with Crippen LogP contribution in [0.5, 0.6) is 5.75 Å². The van der Waals surface area contributed by atoms with Crippen LogP contribution in [0.1, 0.15) is 5.56 Å². The van der Waals surface area contributed by atoms with Crippen molar-refractivity contribution in [2.24, 2.45) is 5.73 Å². The third-order valence-corrected chi connectivity index (χ3v) is 2.54. The van der Waals surface area contributed by atoms with Crippen LogP contribution in [0.25, 0.3) is 0 Å². The maximum absolute atomic E-state index is 11.7. The van der Waals surface area contributed by atoms with Gasteiger partial charge in [0.1, 0.15) is 12.4 Å². The molecule has 0 saturated heterocycles. The molecule has 0 aromatic heterocycles. The maximum Gasteiger partial charge on any atom is 0.417 e. The van der Waals surface area contributed by atoms with Crippen LogP contribution in [0.15, 0.2) is 54.6 Å². The van der Waals surface area contributed by atoms with Crippen LogP contribution in [0.3, 0.4) is 0 Å². The third-order valence-electron chi connectivity index (χ3n) is 2.54. The molecule has 2 aromatic rings. The number of rotatable bonds is 4. The van der Waals surface area contributed by atoms with Gasteiger partial charge in [-0.2, -0.15) is 0 Å². The number of nitrogens with one attached hydrogen (secondary N) is 1. The van der Waals surface area contributed by atoms with Crippen molar-refractivity contribution in [3.8, 4) is 5.75 Å². The molecule has 6 nitrogen and oxygen atoms in total. The van der Waals surface area contributed by atoms with Gasteiger partial charge in [0, 0.05) is 5.69 Å². The number of para-hydroxylation sites is 1. The number of hydrogen-bond donors (Lipinski definition) is 2. The summed E-state index contributed by atoms with van der Waals surface area (Å²) in [6.07, 6.45) is -1.41. The van der Waals surface area contributed by atoms with Gasteiger partial charge in [0.2, 0.25) is 0 Å².